The van der Waals surface area contributed by atoms with Crippen molar-refractivity contribution in [2.45, 2.75) is 352 Å². The van der Waals surface area contributed by atoms with Gasteiger partial charge in [0, 0.05) is 40.3 Å². The molecule has 2 saturated heterocycles. The topological polar surface area (TPSA) is 290 Å². The average molecular weight is 1720 g/mol. The summed E-state index contributed by atoms with van der Waals surface area (Å²) in [6.07, 6.45) is 37.2. The largest absolute Gasteiger partial charge is 0.475 e. The summed E-state index contributed by atoms with van der Waals surface area (Å²) in [5, 5.41) is 3.05. The molecular weight excluding hydrogens is 1560 g/mol. The molecule has 0 saturated carbocycles. The summed E-state index contributed by atoms with van der Waals surface area (Å²) in [5.41, 5.74) is 0. The maximum atomic E-state index is 15.0. The molecule has 1 N–H and O–H groups in total. The second-order valence-electron chi connectivity index (χ2n) is 29.8. The van der Waals surface area contributed by atoms with Gasteiger partial charge in [-0.3, -0.25) is 55.1 Å². The molecule has 26 nitrogen and oxygen atoms in total. The SMILES string of the molecule is C=CCOP(=O)(OCC=C)OCCO[C@H]1O[C@H](CO[C@@H]2O[C@H](COC)[C@@H](OP(=O)(OCC=C)OCC=C)[C@H](OCC[C@H](CCCCCCC)OC)[C@H]2OC(=O)CCCCCCCCC/C=C\CCCCCC)[C@@H](OCCOP(=O)(OCC=C)OCC=C)[C@H](OCCCCCCCCCC)[C@@H]1NC(=O)CC(=O)CCCCCCCCCCC. The van der Waals surface area contributed by atoms with Crippen LogP contribution < -0.4 is 5.32 Å². The molecule has 2 aliphatic rings. The first-order chi connectivity index (χ1) is 57.0. The number of amides is 1. The van der Waals surface area contributed by atoms with Gasteiger partial charge in [0.1, 0.15) is 48.4 Å². The third-order valence-corrected chi connectivity index (χ3v) is 24.1. The molecule has 2 aliphatic heterocycles. The highest BCUT2D eigenvalue weighted by molar-refractivity contribution is 7.49. The van der Waals surface area contributed by atoms with Crippen molar-refractivity contribution < 1.29 is 116 Å². The number of unbranched alkanes of at least 4 members (excludes halogenated alkanes) is 30. The fourth-order valence-electron chi connectivity index (χ4n) is 13.5. The second-order valence-corrected chi connectivity index (χ2v) is 34.8. The van der Waals surface area contributed by atoms with Crippen LogP contribution >= 0.6 is 23.5 Å². The van der Waals surface area contributed by atoms with Gasteiger partial charge in [-0.2, -0.15) is 0 Å². The summed E-state index contributed by atoms with van der Waals surface area (Å²) < 4.78 is 162. The molecule has 2 rings (SSSR count). The maximum Gasteiger partial charge on any atom is 0.475 e. The number of rotatable bonds is 85. The third-order valence-electron chi connectivity index (χ3n) is 19.8. The Morgan fingerprint density at radius 2 is 0.795 bits per heavy atom. The molecule has 0 aliphatic carbocycles. The Bertz CT molecular complexity index is 2680. The molecule has 2 heterocycles. The summed E-state index contributed by atoms with van der Waals surface area (Å²) in [7, 11) is -10.0. The number of esters is 1. The first kappa shape index (κ1) is 110. The quantitative estimate of drug-likeness (QED) is 0.0195. The fourth-order valence-corrected chi connectivity index (χ4v) is 17.0. The van der Waals surface area contributed by atoms with Crippen LogP contribution in [0.4, 0.5) is 0 Å². The Labute approximate surface area is 705 Å². The zero-order valence-corrected chi connectivity index (χ0v) is 75.6. The number of Topliss-reactive ketones (excluding diaryl/α,β-unsaturated/α-hetero) is 1. The monoisotopic (exact) mass is 1720 g/mol. The number of hydrogen-bond acceptors (Lipinski definition) is 25. The van der Waals surface area contributed by atoms with E-state index in [4.69, 9.17) is 88.1 Å². The van der Waals surface area contributed by atoms with E-state index < -0.39 is 123 Å². The molecular formula is C88H158NO25P3. The van der Waals surface area contributed by atoms with E-state index in [0.717, 1.165) is 161 Å². The van der Waals surface area contributed by atoms with Gasteiger partial charge < -0.3 is 52.7 Å². The summed E-state index contributed by atoms with van der Waals surface area (Å²) in [5.74, 6) is -1.54. The molecule has 0 radical (unpaired) electrons. The highest BCUT2D eigenvalue weighted by Crippen LogP contribution is 2.54. The van der Waals surface area contributed by atoms with E-state index in [0.29, 0.717) is 25.7 Å². The van der Waals surface area contributed by atoms with Crippen molar-refractivity contribution >= 4 is 41.1 Å². The number of allylic oxidation sites excluding steroid dienone is 2. The van der Waals surface area contributed by atoms with Crippen LogP contribution in [0.5, 0.6) is 0 Å². The van der Waals surface area contributed by atoms with Crippen LogP contribution in [0.2, 0.25) is 0 Å². The molecule has 1 amide bonds. The summed E-state index contributed by atoms with van der Waals surface area (Å²) >= 11 is 0. The number of carbonyl (C=O) groups excluding carboxylic acids is 3. The minimum atomic E-state index is -4.59. The molecule has 0 aromatic rings. The predicted molar refractivity (Wildman–Crippen MR) is 461 cm³/mol. The Morgan fingerprint density at radius 1 is 0.385 bits per heavy atom. The Morgan fingerprint density at radius 3 is 1.28 bits per heavy atom. The van der Waals surface area contributed by atoms with Crippen molar-refractivity contribution in [3.05, 3.63) is 88.1 Å². The number of carbonyl (C=O) groups is 3. The van der Waals surface area contributed by atoms with Gasteiger partial charge in [-0.05, 0) is 57.8 Å². The number of phosphoric ester groups is 3. The van der Waals surface area contributed by atoms with Gasteiger partial charge >= 0.3 is 29.4 Å². The Hall–Kier alpha value is -3.24. The van der Waals surface area contributed by atoms with E-state index in [9.17, 15) is 28.1 Å². The van der Waals surface area contributed by atoms with Gasteiger partial charge in [0.2, 0.25) is 5.91 Å². The molecule has 2 fully saturated rings. The minimum absolute atomic E-state index is 0.00186. The lowest BCUT2D eigenvalue weighted by molar-refractivity contribution is -0.329. The Kier molecular flexibility index (Phi) is 68.7. The zero-order chi connectivity index (χ0) is 85.6. The first-order valence-electron chi connectivity index (χ1n) is 44.3. The highest BCUT2D eigenvalue weighted by atomic mass is 31.2. The molecule has 0 bridgehead atoms. The minimum Gasteiger partial charge on any atom is -0.454 e. The third kappa shape index (κ3) is 52.9. The van der Waals surface area contributed by atoms with E-state index in [1.807, 2.05) is 0 Å². The van der Waals surface area contributed by atoms with Crippen molar-refractivity contribution in [3.8, 4) is 0 Å². The number of nitrogens with one attached hydrogen (secondary N) is 1. The van der Waals surface area contributed by atoms with Gasteiger partial charge in [0.15, 0.2) is 18.7 Å². The van der Waals surface area contributed by atoms with E-state index in [2.05, 4.69) is 84.6 Å². The van der Waals surface area contributed by atoms with Crippen LogP contribution in [0.15, 0.2) is 88.1 Å². The van der Waals surface area contributed by atoms with Crippen molar-refractivity contribution in [1.29, 1.82) is 0 Å². The number of hydrogen-bond donors (Lipinski definition) is 1. The summed E-state index contributed by atoms with van der Waals surface area (Å²) in [6, 6.07) is -1.28. The predicted octanol–water partition coefficient (Wildman–Crippen LogP) is 21.5. The normalized spacial score (nSPS) is 20.2. The van der Waals surface area contributed by atoms with Crippen molar-refractivity contribution in [1.82, 2.24) is 5.32 Å². The van der Waals surface area contributed by atoms with Crippen LogP contribution in [0.1, 0.15) is 285 Å². The average Bonchev–Trinajstić information content (AvgIpc) is 0.776. The molecule has 0 aromatic heterocycles. The zero-order valence-electron chi connectivity index (χ0n) is 72.9. The van der Waals surface area contributed by atoms with Crippen LogP contribution in [0.3, 0.4) is 0 Å². The molecule has 11 atom stereocenters. The fraction of sp³-hybridized carbons (Fsp3) is 0.807. The van der Waals surface area contributed by atoms with Gasteiger partial charge in [0.25, 0.3) is 0 Å². The van der Waals surface area contributed by atoms with Crippen molar-refractivity contribution in [2.24, 2.45) is 0 Å². The van der Waals surface area contributed by atoms with Crippen molar-refractivity contribution in [3.63, 3.8) is 0 Å². The smallest absolute Gasteiger partial charge is 0.454 e. The lowest BCUT2D eigenvalue weighted by atomic mass is 9.95. The molecule has 0 aromatic carbocycles. The molecule has 29 heteroatoms. The number of ketones is 1. The maximum absolute atomic E-state index is 15.0. The number of methoxy groups -OCH3 is 2. The number of ether oxygens (including phenoxy) is 10. The standard InChI is InChI=1S/C88H158NO25P3/c1-13-23-27-31-34-37-38-39-40-41-42-44-46-50-54-58-80(92)113-86-85(99-67-59-76(97-12)57-53-48-30-26-16-4)83(114-117(95,107-64-21-9)108-65-22-10)77(73-96-11)112-88(86)102-74-78-82(100-68-70-109-115(93,103-60-17-5)104-61-18-6)84(98-66-55-51-47-36-33-29-25-15-3)81(87(111-78)101-69-71-110-116(94,105-62-19-7)106-63-20-8)89-79(91)72-75(90)56-52-49-45-43-35-32-28-24-14-2/h17-22,37-38,76-78,81-88H,5-10,13-16,23-36,39-74H2,1-4,11-12H3,(H,89,91)/b38-37-/t76-,77+,78+,81-,82+,83+,84+,85-,86+,87-,88+/m0/s1. The lowest BCUT2D eigenvalue weighted by Crippen LogP contribution is -2.67. The van der Waals surface area contributed by atoms with Gasteiger partial charge in [0.05, 0.1) is 91.8 Å². The van der Waals surface area contributed by atoms with E-state index in [1.54, 1.807) is 7.11 Å². The van der Waals surface area contributed by atoms with Crippen LogP contribution in [-0.4, -0.2) is 192 Å². The lowest BCUT2D eigenvalue weighted by Gasteiger charge is -2.48. The first-order valence-corrected chi connectivity index (χ1v) is 48.7. The number of phosphoric acid groups is 3. The summed E-state index contributed by atoms with van der Waals surface area (Å²) in [6.45, 7) is 27.7. The molecule has 0 spiro atoms. The summed E-state index contributed by atoms with van der Waals surface area (Å²) in [4.78, 5) is 43.3. The molecule has 117 heavy (non-hydrogen) atoms. The molecule has 680 valence electrons. The van der Waals surface area contributed by atoms with Gasteiger partial charge in [-0.1, -0.05) is 256 Å². The Balaban J connectivity index is 3.03. The van der Waals surface area contributed by atoms with E-state index >= 15 is 0 Å². The van der Waals surface area contributed by atoms with E-state index in [1.165, 1.54) is 94.9 Å². The van der Waals surface area contributed by atoms with Crippen LogP contribution in [-0.2, 0) is 116 Å². The highest BCUT2D eigenvalue weighted by Gasteiger charge is 2.55. The van der Waals surface area contributed by atoms with Crippen molar-refractivity contribution in [2.75, 3.05) is 107 Å². The van der Waals surface area contributed by atoms with E-state index in [-0.39, 0.29) is 97.4 Å². The second kappa shape index (κ2) is 73.1. The molecule has 0 unspecified atom stereocenters. The van der Waals surface area contributed by atoms with Gasteiger partial charge in [-0.15, -0.1) is 39.5 Å². The van der Waals surface area contributed by atoms with Crippen LogP contribution in [0, 0.1) is 0 Å². The van der Waals surface area contributed by atoms with Crippen LogP contribution in [0.25, 0.3) is 0 Å². The van der Waals surface area contributed by atoms with Gasteiger partial charge in [-0.25, -0.2) is 13.7 Å².